The Labute approximate surface area is 144 Å². The number of hydrogen-bond donors (Lipinski definition) is 0. The van der Waals surface area contributed by atoms with Crippen LogP contribution in [0.15, 0.2) is 43.0 Å². The number of fused-ring (bicyclic) bond motifs is 1. The van der Waals surface area contributed by atoms with E-state index in [2.05, 4.69) is 13.5 Å². The molecule has 2 fully saturated rings. The molecule has 2 heterocycles. The lowest BCUT2D eigenvalue weighted by molar-refractivity contribution is -0.138. The van der Waals surface area contributed by atoms with Gasteiger partial charge in [0.25, 0.3) is 0 Å². The maximum atomic E-state index is 13.0. The minimum atomic E-state index is -0.267. The molecule has 1 amide bonds. The van der Waals surface area contributed by atoms with Crippen molar-refractivity contribution in [1.82, 2.24) is 4.90 Å². The molecule has 0 N–H and O–H groups in total. The molecule has 2 unspecified atom stereocenters. The molecule has 1 aromatic rings. The molecule has 130 valence electrons. The molecular weight excluding hydrogens is 302 g/mol. The average Bonchev–Trinajstić information content (AvgIpc) is 3.15. The lowest BCUT2D eigenvalue weighted by atomic mass is 9.88. The molecule has 2 aliphatic heterocycles. The Hall–Kier alpha value is -1.65. The van der Waals surface area contributed by atoms with Gasteiger partial charge in [-0.3, -0.25) is 4.79 Å². The largest absolute Gasteiger partial charge is 0.381 e. The lowest BCUT2D eigenvalue weighted by Gasteiger charge is -2.23. The highest BCUT2D eigenvalue weighted by Crippen LogP contribution is 2.44. The third-order valence-corrected chi connectivity index (χ3v) is 5.09. The fourth-order valence-electron chi connectivity index (χ4n) is 3.79. The first-order valence-corrected chi connectivity index (χ1v) is 8.97. The number of carbonyl (C=O) groups excluding carboxylic acids is 1. The van der Waals surface area contributed by atoms with Crippen molar-refractivity contribution >= 4 is 5.91 Å². The molecule has 0 saturated carbocycles. The van der Waals surface area contributed by atoms with E-state index in [1.165, 1.54) is 0 Å². The first kappa shape index (κ1) is 17.2. The predicted octanol–water partition coefficient (Wildman–Crippen LogP) is 3.55. The van der Waals surface area contributed by atoms with E-state index < -0.39 is 0 Å². The van der Waals surface area contributed by atoms with Crippen LogP contribution >= 0.6 is 0 Å². The second-order valence-corrected chi connectivity index (χ2v) is 6.58. The van der Waals surface area contributed by atoms with Crippen LogP contribution in [0.5, 0.6) is 0 Å². The second-order valence-electron chi connectivity index (χ2n) is 6.58. The summed E-state index contributed by atoms with van der Waals surface area (Å²) in [6.07, 6.45) is 4.62. The molecule has 0 radical (unpaired) electrons. The number of unbranched alkanes of at least 4 members (excludes halogenated alkanes) is 1. The molecule has 1 aromatic carbocycles. The number of rotatable bonds is 8. The van der Waals surface area contributed by atoms with Gasteiger partial charge in [-0.25, -0.2) is 0 Å². The Bertz CT molecular complexity index is 559. The maximum absolute atomic E-state index is 13.0. The average molecular weight is 329 g/mol. The quantitative estimate of drug-likeness (QED) is 0.541. The number of carbonyl (C=O) groups is 1. The van der Waals surface area contributed by atoms with Crippen molar-refractivity contribution in [2.75, 3.05) is 19.8 Å². The number of benzene rings is 1. The molecule has 0 bridgehead atoms. The summed E-state index contributed by atoms with van der Waals surface area (Å²) in [6, 6.07) is 10.1. The van der Waals surface area contributed by atoms with E-state index in [1.54, 1.807) is 0 Å². The fraction of sp³-hybridized carbons (Fsp3) is 0.550. The van der Waals surface area contributed by atoms with E-state index in [1.807, 2.05) is 41.3 Å². The van der Waals surface area contributed by atoms with E-state index in [-0.39, 0.29) is 30.0 Å². The van der Waals surface area contributed by atoms with Gasteiger partial charge in [0.2, 0.25) is 5.91 Å². The molecule has 2 saturated heterocycles. The van der Waals surface area contributed by atoms with Gasteiger partial charge in [0, 0.05) is 30.6 Å². The molecule has 3 rings (SSSR count). The summed E-state index contributed by atoms with van der Waals surface area (Å²) in [5, 5.41) is 0. The van der Waals surface area contributed by atoms with Crippen LogP contribution in [-0.2, 0) is 14.3 Å². The summed E-state index contributed by atoms with van der Waals surface area (Å²) >= 11 is 0. The van der Waals surface area contributed by atoms with Gasteiger partial charge >= 0.3 is 0 Å². The molecular formula is C20H27NO3. The van der Waals surface area contributed by atoms with Crippen molar-refractivity contribution in [2.45, 2.75) is 38.5 Å². The van der Waals surface area contributed by atoms with Crippen LogP contribution in [0.25, 0.3) is 0 Å². The Morgan fingerprint density at radius 3 is 2.83 bits per heavy atom. The van der Waals surface area contributed by atoms with Gasteiger partial charge in [-0.15, -0.1) is 6.58 Å². The number of amides is 1. The van der Waals surface area contributed by atoms with E-state index in [0.29, 0.717) is 13.2 Å². The molecule has 24 heavy (non-hydrogen) atoms. The fourth-order valence-corrected chi connectivity index (χ4v) is 3.79. The molecule has 4 atom stereocenters. The highest BCUT2D eigenvalue weighted by Gasteiger charge is 2.53. The summed E-state index contributed by atoms with van der Waals surface area (Å²) in [6.45, 7) is 8.11. The Morgan fingerprint density at radius 1 is 1.33 bits per heavy atom. The SMILES string of the molecule is C=C[C@@H]1C(CCOCCCC)C(=O)N2C1CO[C@H]2c1ccccc1. The van der Waals surface area contributed by atoms with Crippen LogP contribution in [0.1, 0.15) is 38.0 Å². The smallest absolute Gasteiger partial charge is 0.229 e. The van der Waals surface area contributed by atoms with E-state index in [9.17, 15) is 4.79 Å². The monoisotopic (exact) mass is 329 g/mol. The molecule has 0 aromatic heterocycles. The zero-order valence-electron chi connectivity index (χ0n) is 14.4. The highest BCUT2D eigenvalue weighted by molar-refractivity contribution is 5.83. The van der Waals surface area contributed by atoms with Gasteiger partial charge in [-0.1, -0.05) is 49.8 Å². The minimum absolute atomic E-state index is 0.0377. The van der Waals surface area contributed by atoms with Crippen molar-refractivity contribution in [3.05, 3.63) is 48.6 Å². The lowest BCUT2D eigenvalue weighted by Crippen LogP contribution is -2.32. The third kappa shape index (κ3) is 3.26. The van der Waals surface area contributed by atoms with E-state index >= 15 is 0 Å². The first-order valence-electron chi connectivity index (χ1n) is 8.97. The molecule has 0 spiro atoms. The van der Waals surface area contributed by atoms with Gasteiger partial charge in [-0.2, -0.15) is 0 Å². The van der Waals surface area contributed by atoms with Crippen molar-refractivity contribution in [3.63, 3.8) is 0 Å². The van der Waals surface area contributed by atoms with Gasteiger partial charge in [0.05, 0.1) is 12.6 Å². The molecule has 0 aliphatic carbocycles. The van der Waals surface area contributed by atoms with Gasteiger partial charge in [0.15, 0.2) is 6.23 Å². The standard InChI is InChI=1S/C20H27NO3/c1-3-5-12-23-13-11-17-16(4-2)18-14-24-20(21(18)19(17)22)15-9-7-6-8-10-15/h4,6-10,16-18,20H,2-3,5,11-14H2,1H3/t16-,17?,18?,20+/m1/s1. The van der Waals surface area contributed by atoms with Crippen LogP contribution < -0.4 is 0 Å². The Morgan fingerprint density at radius 2 is 2.12 bits per heavy atom. The zero-order chi connectivity index (χ0) is 16.9. The van der Waals surface area contributed by atoms with Crippen LogP contribution in [0.3, 0.4) is 0 Å². The zero-order valence-corrected chi connectivity index (χ0v) is 14.4. The summed E-state index contributed by atoms with van der Waals surface area (Å²) in [5.74, 6) is 0.278. The van der Waals surface area contributed by atoms with Crippen LogP contribution in [-0.4, -0.2) is 36.7 Å². The Balaban J connectivity index is 1.68. The van der Waals surface area contributed by atoms with Crippen molar-refractivity contribution in [3.8, 4) is 0 Å². The molecule has 4 nitrogen and oxygen atoms in total. The van der Waals surface area contributed by atoms with Crippen molar-refractivity contribution < 1.29 is 14.3 Å². The summed E-state index contributed by atoms with van der Waals surface area (Å²) < 4.78 is 11.6. The molecule has 2 aliphatic rings. The van der Waals surface area contributed by atoms with Gasteiger partial charge in [-0.05, 0) is 12.8 Å². The van der Waals surface area contributed by atoms with E-state index in [0.717, 1.165) is 31.4 Å². The maximum Gasteiger partial charge on any atom is 0.229 e. The highest BCUT2D eigenvalue weighted by atomic mass is 16.5. The van der Waals surface area contributed by atoms with Crippen LogP contribution in [0, 0.1) is 11.8 Å². The van der Waals surface area contributed by atoms with Gasteiger partial charge < -0.3 is 14.4 Å². The van der Waals surface area contributed by atoms with Crippen molar-refractivity contribution in [2.24, 2.45) is 11.8 Å². The third-order valence-electron chi connectivity index (χ3n) is 5.09. The second kappa shape index (κ2) is 7.95. The Kier molecular flexibility index (Phi) is 5.69. The predicted molar refractivity (Wildman–Crippen MR) is 93.3 cm³/mol. The van der Waals surface area contributed by atoms with E-state index in [4.69, 9.17) is 9.47 Å². The number of hydrogen-bond acceptors (Lipinski definition) is 3. The number of ether oxygens (including phenoxy) is 2. The van der Waals surface area contributed by atoms with Crippen LogP contribution in [0.2, 0.25) is 0 Å². The molecule has 4 heteroatoms. The first-order chi connectivity index (χ1) is 11.8. The normalized spacial score (nSPS) is 29.0. The topological polar surface area (TPSA) is 38.8 Å². The summed E-state index contributed by atoms with van der Waals surface area (Å²) in [4.78, 5) is 14.9. The number of nitrogens with zero attached hydrogens (tertiary/aromatic N) is 1. The van der Waals surface area contributed by atoms with Crippen molar-refractivity contribution in [1.29, 1.82) is 0 Å². The summed E-state index contributed by atoms with van der Waals surface area (Å²) in [5.41, 5.74) is 1.04. The minimum Gasteiger partial charge on any atom is -0.381 e. The summed E-state index contributed by atoms with van der Waals surface area (Å²) in [7, 11) is 0. The van der Waals surface area contributed by atoms with Gasteiger partial charge in [0.1, 0.15) is 0 Å². The van der Waals surface area contributed by atoms with Crippen LogP contribution in [0.4, 0.5) is 0 Å².